The molecule has 1 saturated heterocycles. The Hall–Kier alpha value is -2.00. The topological polar surface area (TPSA) is 24.5 Å². The number of likely N-dealkylation sites (tertiary alicyclic amines) is 1. The van der Waals surface area contributed by atoms with Gasteiger partial charge in [-0.15, -0.1) is 0 Å². The van der Waals surface area contributed by atoms with Gasteiger partial charge in [-0.3, -0.25) is 4.90 Å². The second-order valence-corrected chi connectivity index (χ2v) is 7.04. The van der Waals surface area contributed by atoms with E-state index in [9.17, 15) is 0 Å². The summed E-state index contributed by atoms with van der Waals surface area (Å²) in [5, 5.41) is 3.71. The molecule has 3 heteroatoms. The third-order valence-electron chi connectivity index (χ3n) is 5.46. The van der Waals surface area contributed by atoms with Gasteiger partial charge in [0.15, 0.2) is 0 Å². The molecule has 1 heterocycles. The largest absolute Gasteiger partial charge is 0.497 e. The minimum absolute atomic E-state index is 0.538. The molecule has 0 unspecified atom stereocenters. The summed E-state index contributed by atoms with van der Waals surface area (Å²) in [5.74, 6) is 0.912. The van der Waals surface area contributed by atoms with Crippen molar-refractivity contribution in [3.8, 4) is 5.75 Å². The third-order valence-corrected chi connectivity index (χ3v) is 5.46. The smallest absolute Gasteiger partial charge is 0.119 e. The minimum Gasteiger partial charge on any atom is -0.497 e. The maximum atomic E-state index is 5.24. The second-order valence-electron chi connectivity index (χ2n) is 7.04. The summed E-state index contributed by atoms with van der Waals surface area (Å²) < 4.78 is 5.24. The van der Waals surface area contributed by atoms with Gasteiger partial charge in [-0.1, -0.05) is 24.3 Å². The number of methoxy groups -OCH3 is 1. The molecule has 2 aromatic rings. The van der Waals surface area contributed by atoms with E-state index < -0.39 is 0 Å². The molecule has 3 nitrogen and oxygen atoms in total. The van der Waals surface area contributed by atoms with E-state index in [1.54, 1.807) is 18.2 Å². The molecule has 24 heavy (non-hydrogen) atoms. The molecule has 0 aromatic heterocycles. The van der Waals surface area contributed by atoms with Crippen molar-refractivity contribution < 1.29 is 4.74 Å². The third kappa shape index (κ3) is 3.27. The van der Waals surface area contributed by atoms with Crippen molar-refractivity contribution in [2.45, 2.75) is 37.8 Å². The van der Waals surface area contributed by atoms with Crippen LogP contribution in [0.4, 0.5) is 5.69 Å². The number of hydrogen-bond donors (Lipinski definition) is 1. The maximum Gasteiger partial charge on any atom is 0.119 e. The van der Waals surface area contributed by atoms with Crippen molar-refractivity contribution in [2.75, 3.05) is 25.5 Å². The molecule has 0 saturated carbocycles. The van der Waals surface area contributed by atoms with Crippen molar-refractivity contribution in [3.63, 3.8) is 0 Å². The van der Waals surface area contributed by atoms with E-state index in [1.807, 2.05) is 12.1 Å². The molecule has 1 aliphatic heterocycles. The van der Waals surface area contributed by atoms with Gasteiger partial charge in [-0.25, -0.2) is 0 Å². The monoisotopic (exact) mass is 322 g/mol. The molecule has 0 bridgehead atoms. The van der Waals surface area contributed by atoms with Crippen molar-refractivity contribution in [1.29, 1.82) is 0 Å². The lowest BCUT2D eigenvalue weighted by molar-refractivity contribution is 0.159. The van der Waals surface area contributed by atoms with E-state index in [0.29, 0.717) is 12.1 Å². The van der Waals surface area contributed by atoms with Gasteiger partial charge < -0.3 is 10.1 Å². The Kier molecular flexibility index (Phi) is 4.44. The summed E-state index contributed by atoms with van der Waals surface area (Å²) in [5.41, 5.74) is 4.29. The number of benzene rings is 2. The maximum absolute atomic E-state index is 5.24. The number of nitrogens with zero attached hydrogens (tertiary/aromatic N) is 1. The summed E-state index contributed by atoms with van der Waals surface area (Å²) in [4.78, 5) is 2.70. The Morgan fingerprint density at radius 1 is 1.00 bits per heavy atom. The molecule has 0 amide bonds. The molecule has 1 aliphatic carbocycles. The van der Waals surface area contributed by atoms with E-state index in [4.69, 9.17) is 4.74 Å². The molecular formula is C21H26N2O. The summed E-state index contributed by atoms with van der Waals surface area (Å²) in [6.07, 6.45) is 4.96. The number of piperidine rings is 1. The fraction of sp³-hybridized carbons (Fsp3) is 0.429. The average Bonchev–Trinajstić information content (AvgIpc) is 3.07. The molecule has 1 N–H and O–H groups in total. The zero-order chi connectivity index (χ0) is 16.4. The molecular weight excluding hydrogens is 296 g/mol. The highest BCUT2D eigenvalue weighted by Crippen LogP contribution is 2.28. The number of ether oxygens (including phenoxy) is 1. The van der Waals surface area contributed by atoms with Crippen molar-refractivity contribution in [1.82, 2.24) is 4.90 Å². The molecule has 2 aromatic carbocycles. The first kappa shape index (κ1) is 15.5. The molecule has 0 radical (unpaired) electrons. The first-order chi connectivity index (χ1) is 11.8. The SMILES string of the molecule is COc1ccc(N[C@@H]2CCCN(C3Cc4ccccc4C3)C2)cc1. The Morgan fingerprint density at radius 3 is 2.38 bits per heavy atom. The average molecular weight is 322 g/mol. The number of nitrogens with one attached hydrogen (secondary N) is 1. The Bertz CT molecular complexity index is 657. The Morgan fingerprint density at radius 2 is 1.71 bits per heavy atom. The van der Waals surface area contributed by atoms with Gasteiger partial charge in [0.05, 0.1) is 7.11 Å². The summed E-state index contributed by atoms with van der Waals surface area (Å²) in [7, 11) is 1.71. The van der Waals surface area contributed by atoms with Gasteiger partial charge in [-0.05, 0) is 67.6 Å². The zero-order valence-electron chi connectivity index (χ0n) is 14.4. The van der Waals surface area contributed by atoms with Gasteiger partial charge in [0.25, 0.3) is 0 Å². The lowest BCUT2D eigenvalue weighted by Crippen LogP contribution is -2.47. The number of fused-ring (bicyclic) bond motifs is 1. The van der Waals surface area contributed by atoms with Gasteiger partial charge in [0.2, 0.25) is 0 Å². The summed E-state index contributed by atoms with van der Waals surface area (Å²) in [6.45, 7) is 2.38. The van der Waals surface area contributed by atoms with Crippen LogP contribution in [-0.4, -0.2) is 37.2 Å². The summed E-state index contributed by atoms with van der Waals surface area (Å²) in [6, 6.07) is 18.4. The van der Waals surface area contributed by atoms with Crippen LogP contribution in [0.1, 0.15) is 24.0 Å². The quantitative estimate of drug-likeness (QED) is 0.928. The van der Waals surface area contributed by atoms with Crippen molar-refractivity contribution in [3.05, 3.63) is 59.7 Å². The molecule has 126 valence electrons. The first-order valence-electron chi connectivity index (χ1n) is 9.03. The predicted octanol–water partition coefficient (Wildman–Crippen LogP) is 3.74. The Labute approximate surface area is 144 Å². The predicted molar refractivity (Wildman–Crippen MR) is 98.8 cm³/mol. The van der Waals surface area contributed by atoms with Gasteiger partial charge >= 0.3 is 0 Å². The van der Waals surface area contributed by atoms with Crippen LogP contribution in [0.3, 0.4) is 0 Å². The van der Waals surface area contributed by atoms with E-state index >= 15 is 0 Å². The van der Waals surface area contributed by atoms with Crippen LogP contribution in [0, 0.1) is 0 Å². The van der Waals surface area contributed by atoms with Gasteiger partial charge in [0, 0.05) is 24.3 Å². The van der Waals surface area contributed by atoms with Gasteiger partial charge in [-0.2, -0.15) is 0 Å². The highest BCUT2D eigenvalue weighted by atomic mass is 16.5. The van der Waals surface area contributed by atoms with Crippen LogP contribution < -0.4 is 10.1 Å². The molecule has 4 rings (SSSR count). The highest BCUT2D eigenvalue weighted by Gasteiger charge is 2.30. The number of hydrogen-bond acceptors (Lipinski definition) is 3. The summed E-state index contributed by atoms with van der Waals surface area (Å²) >= 11 is 0. The van der Waals surface area contributed by atoms with Crippen LogP contribution in [-0.2, 0) is 12.8 Å². The lowest BCUT2D eigenvalue weighted by atomic mass is 10.0. The molecule has 1 fully saturated rings. The van der Waals surface area contributed by atoms with Crippen LogP contribution in [0.15, 0.2) is 48.5 Å². The molecule has 0 spiro atoms. The van der Waals surface area contributed by atoms with E-state index in [2.05, 4.69) is 46.6 Å². The zero-order valence-corrected chi connectivity index (χ0v) is 14.4. The fourth-order valence-electron chi connectivity index (χ4n) is 4.17. The second kappa shape index (κ2) is 6.86. The van der Waals surface area contributed by atoms with E-state index in [0.717, 1.165) is 12.3 Å². The first-order valence-corrected chi connectivity index (χ1v) is 9.03. The normalized spacial score (nSPS) is 21.5. The number of anilines is 1. The number of rotatable bonds is 4. The minimum atomic E-state index is 0.538. The standard InChI is InChI=1S/C21H26N2O/c1-24-21-10-8-18(9-11-21)22-19-7-4-12-23(15-19)20-13-16-5-2-3-6-17(16)14-20/h2-3,5-6,8-11,19-20,22H,4,7,12-15H2,1H3/t19-/m1/s1. The van der Waals surface area contributed by atoms with Crippen molar-refractivity contribution in [2.24, 2.45) is 0 Å². The van der Waals surface area contributed by atoms with Gasteiger partial charge in [0.1, 0.15) is 5.75 Å². The highest BCUT2D eigenvalue weighted by molar-refractivity contribution is 5.47. The Balaban J connectivity index is 1.37. The van der Waals surface area contributed by atoms with E-state index in [-0.39, 0.29) is 0 Å². The van der Waals surface area contributed by atoms with Crippen LogP contribution in [0.2, 0.25) is 0 Å². The van der Waals surface area contributed by atoms with Crippen LogP contribution in [0.5, 0.6) is 5.75 Å². The molecule has 1 atom stereocenters. The fourth-order valence-corrected chi connectivity index (χ4v) is 4.17. The van der Waals surface area contributed by atoms with E-state index in [1.165, 1.54) is 37.9 Å². The van der Waals surface area contributed by atoms with Crippen LogP contribution in [0.25, 0.3) is 0 Å². The van der Waals surface area contributed by atoms with Crippen LogP contribution >= 0.6 is 0 Å². The van der Waals surface area contributed by atoms with Crippen molar-refractivity contribution >= 4 is 5.69 Å². The molecule has 2 aliphatic rings. The lowest BCUT2D eigenvalue weighted by Gasteiger charge is -2.37.